The van der Waals surface area contributed by atoms with Crippen molar-refractivity contribution in [2.45, 2.75) is 26.6 Å². The van der Waals surface area contributed by atoms with Gasteiger partial charge in [0.1, 0.15) is 5.69 Å². The van der Waals surface area contributed by atoms with E-state index < -0.39 is 23.6 Å². The third-order valence-corrected chi connectivity index (χ3v) is 4.12. The Kier molecular flexibility index (Phi) is 5.44. The number of carbonyl (C=O) groups excluding carboxylic acids is 2. The molecule has 0 saturated heterocycles. The second-order valence-electron chi connectivity index (χ2n) is 5.93. The second kappa shape index (κ2) is 7.23. The Morgan fingerprint density at radius 3 is 2.38 bits per heavy atom. The average Bonchev–Trinajstić information content (AvgIpc) is 2.87. The summed E-state index contributed by atoms with van der Waals surface area (Å²) < 4.78 is 44.0. The number of methoxy groups -OCH3 is 1. The molecule has 2 aromatic rings. The number of halogens is 3. The van der Waals surface area contributed by atoms with E-state index in [4.69, 9.17) is 4.74 Å². The fraction of sp³-hybridized carbons (Fsp3) is 0.333. The van der Waals surface area contributed by atoms with Gasteiger partial charge in [-0.05, 0) is 31.0 Å². The minimum atomic E-state index is -4.50. The van der Waals surface area contributed by atoms with Crippen molar-refractivity contribution >= 4 is 11.9 Å². The summed E-state index contributed by atoms with van der Waals surface area (Å²) in [6.45, 7) is 2.98. The number of nitrogens with zero attached hydrogens (tertiary/aromatic N) is 1. The van der Waals surface area contributed by atoms with Crippen molar-refractivity contribution in [2.24, 2.45) is 0 Å². The Labute approximate surface area is 148 Å². The van der Waals surface area contributed by atoms with Gasteiger partial charge in [-0.1, -0.05) is 18.2 Å². The summed E-state index contributed by atoms with van der Waals surface area (Å²) in [5.41, 5.74) is 0.464. The van der Waals surface area contributed by atoms with Gasteiger partial charge >= 0.3 is 12.1 Å². The van der Waals surface area contributed by atoms with Crippen molar-refractivity contribution < 1.29 is 27.5 Å². The third-order valence-electron chi connectivity index (χ3n) is 4.12. The highest BCUT2D eigenvalue weighted by Gasteiger charge is 2.33. The third kappa shape index (κ3) is 3.74. The number of H-pyrrole nitrogens is 1. The quantitative estimate of drug-likeness (QED) is 0.837. The Bertz CT molecular complexity index is 841. The zero-order valence-corrected chi connectivity index (χ0v) is 14.8. The number of amides is 1. The summed E-state index contributed by atoms with van der Waals surface area (Å²) in [4.78, 5) is 28.5. The number of aromatic amines is 1. The van der Waals surface area contributed by atoms with Crippen LogP contribution in [0.15, 0.2) is 24.3 Å². The monoisotopic (exact) mass is 368 g/mol. The second-order valence-corrected chi connectivity index (χ2v) is 5.93. The normalized spacial score (nSPS) is 11.3. The maximum atomic E-state index is 13.1. The van der Waals surface area contributed by atoms with Crippen LogP contribution in [0, 0.1) is 13.8 Å². The van der Waals surface area contributed by atoms with E-state index in [2.05, 4.69) is 4.98 Å². The highest BCUT2D eigenvalue weighted by molar-refractivity contribution is 6.00. The lowest BCUT2D eigenvalue weighted by Crippen LogP contribution is -2.28. The Morgan fingerprint density at radius 1 is 1.19 bits per heavy atom. The van der Waals surface area contributed by atoms with Gasteiger partial charge in [0.15, 0.2) is 0 Å². The first-order valence-corrected chi connectivity index (χ1v) is 7.76. The molecule has 0 fully saturated rings. The summed E-state index contributed by atoms with van der Waals surface area (Å²) in [6, 6.07) is 5.10. The maximum absolute atomic E-state index is 13.1. The number of carbonyl (C=O) groups is 2. The zero-order valence-electron chi connectivity index (χ0n) is 14.8. The average molecular weight is 368 g/mol. The molecule has 2 rings (SSSR count). The zero-order chi connectivity index (χ0) is 19.6. The molecule has 1 N–H and O–H groups in total. The molecule has 8 heteroatoms. The number of nitrogens with one attached hydrogen (secondary N) is 1. The number of benzene rings is 1. The largest absolute Gasteiger partial charge is 0.465 e. The van der Waals surface area contributed by atoms with Gasteiger partial charge in [-0.2, -0.15) is 13.2 Å². The fourth-order valence-corrected chi connectivity index (χ4v) is 2.83. The number of hydrogen-bond acceptors (Lipinski definition) is 3. The smallest absolute Gasteiger partial charge is 0.416 e. The van der Waals surface area contributed by atoms with Crippen LogP contribution in [0.25, 0.3) is 0 Å². The molecule has 1 aromatic heterocycles. The number of aryl methyl sites for hydroxylation is 1. The van der Waals surface area contributed by atoms with Crippen molar-refractivity contribution in [3.63, 3.8) is 0 Å². The number of aromatic nitrogens is 1. The molecular formula is C18H19F3N2O3. The first kappa shape index (κ1) is 19.6. The van der Waals surface area contributed by atoms with Crippen LogP contribution in [0.5, 0.6) is 0 Å². The van der Waals surface area contributed by atoms with Gasteiger partial charge in [0.05, 0.1) is 18.2 Å². The SMILES string of the molecule is COC(=O)c1c(C)[nH]c(C(=O)N(C)Cc2ccccc2C(F)(F)F)c1C. The van der Waals surface area contributed by atoms with Crippen LogP contribution in [0.1, 0.15) is 43.2 Å². The van der Waals surface area contributed by atoms with Crippen LogP contribution >= 0.6 is 0 Å². The predicted octanol–water partition coefficient (Wildman–Crippen LogP) is 3.71. The van der Waals surface area contributed by atoms with E-state index >= 15 is 0 Å². The first-order chi connectivity index (χ1) is 12.1. The van der Waals surface area contributed by atoms with E-state index in [-0.39, 0.29) is 23.4 Å². The molecule has 0 atom stereocenters. The van der Waals surface area contributed by atoms with Crippen molar-refractivity contribution in [3.8, 4) is 0 Å². The molecule has 0 aliphatic carbocycles. The summed E-state index contributed by atoms with van der Waals surface area (Å²) in [7, 11) is 2.64. The van der Waals surface area contributed by atoms with Crippen LogP contribution < -0.4 is 0 Å². The lowest BCUT2D eigenvalue weighted by atomic mass is 10.1. The van der Waals surface area contributed by atoms with Crippen LogP contribution in [-0.2, 0) is 17.5 Å². The molecule has 0 unspecified atom stereocenters. The Hall–Kier alpha value is -2.77. The molecule has 140 valence electrons. The van der Waals surface area contributed by atoms with Crippen molar-refractivity contribution in [3.05, 3.63) is 57.9 Å². The van der Waals surface area contributed by atoms with Crippen molar-refractivity contribution in [1.29, 1.82) is 0 Å². The summed E-state index contributed by atoms with van der Waals surface area (Å²) in [6.07, 6.45) is -4.50. The molecule has 0 spiro atoms. The fourth-order valence-electron chi connectivity index (χ4n) is 2.83. The number of alkyl halides is 3. The van der Waals surface area contributed by atoms with E-state index in [1.54, 1.807) is 13.8 Å². The van der Waals surface area contributed by atoms with Gasteiger partial charge in [0, 0.05) is 19.3 Å². The molecule has 1 amide bonds. The highest BCUT2D eigenvalue weighted by atomic mass is 19.4. The van der Waals surface area contributed by atoms with Crippen LogP contribution in [0.2, 0.25) is 0 Å². The summed E-state index contributed by atoms with van der Waals surface area (Å²) in [5.74, 6) is -1.10. The van der Waals surface area contributed by atoms with E-state index in [1.165, 1.54) is 37.3 Å². The molecule has 1 heterocycles. The summed E-state index contributed by atoms with van der Waals surface area (Å²) >= 11 is 0. The first-order valence-electron chi connectivity index (χ1n) is 7.76. The molecular weight excluding hydrogens is 349 g/mol. The number of ether oxygens (including phenoxy) is 1. The lowest BCUT2D eigenvalue weighted by Gasteiger charge is -2.20. The molecule has 1 aromatic carbocycles. The number of hydrogen-bond donors (Lipinski definition) is 1. The summed E-state index contributed by atoms with van der Waals surface area (Å²) in [5, 5.41) is 0. The van der Waals surface area contributed by atoms with Gasteiger partial charge in [-0.3, -0.25) is 4.79 Å². The van der Waals surface area contributed by atoms with E-state index in [0.29, 0.717) is 11.3 Å². The van der Waals surface area contributed by atoms with E-state index in [1.807, 2.05) is 0 Å². The molecule has 0 bridgehead atoms. The minimum Gasteiger partial charge on any atom is -0.465 e. The number of esters is 1. The number of rotatable bonds is 4. The van der Waals surface area contributed by atoms with Gasteiger partial charge in [-0.15, -0.1) is 0 Å². The molecule has 0 radical (unpaired) electrons. The molecule has 0 saturated carbocycles. The lowest BCUT2D eigenvalue weighted by molar-refractivity contribution is -0.138. The van der Waals surface area contributed by atoms with Gasteiger partial charge in [0.25, 0.3) is 5.91 Å². The standard InChI is InChI=1S/C18H19F3N2O3/c1-10-14(17(25)26-4)11(2)22-15(10)16(24)23(3)9-12-7-5-6-8-13(12)18(19,20)21/h5-8,22H,9H2,1-4H3. The van der Waals surface area contributed by atoms with Crippen molar-refractivity contribution in [2.75, 3.05) is 14.2 Å². The predicted molar refractivity (Wildman–Crippen MR) is 88.8 cm³/mol. The van der Waals surface area contributed by atoms with Gasteiger partial charge in [0.2, 0.25) is 0 Å². The van der Waals surface area contributed by atoms with E-state index in [0.717, 1.165) is 6.07 Å². The molecule has 0 aliphatic rings. The molecule has 0 aliphatic heterocycles. The van der Waals surface area contributed by atoms with Gasteiger partial charge in [-0.25, -0.2) is 4.79 Å². The van der Waals surface area contributed by atoms with Crippen LogP contribution in [-0.4, -0.2) is 35.9 Å². The topological polar surface area (TPSA) is 62.4 Å². The maximum Gasteiger partial charge on any atom is 0.416 e. The van der Waals surface area contributed by atoms with Gasteiger partial charge < -0.3 is 14.6 Å². The van der Waals surface area contributed by atoms with Crippen LogP contribution in [0.4, 0.5) is 13.2 Å². The van der Waals surface area contributed by atoms with Crippen molar-refractivity contribution in [1.82, 2.24) is 9.88 Å². The van der Waals surface area contributed by atoms with E-state index in [9.17, 15) is 22.8 Å². The Balaban J connectivity index is 2.31. The highest BCUT2D eigenvalue weighted by Crippen LogP contribution is 2.32. The molecule has 5 nitrogen and oxygen atoms in total. The minimum absolute atomic E-state index is 0.00928. The molecule has 26 heavy (non-hydrogen) atoms. The Morgan fingerprint density at radius 2 is 1.81 bits per heavy atom. The van der Waals surface area contributed by atoms with Crippen LogP contribution in [0.3, 0.4) is 0 Å².